The highest BCUT2D eigenvalue weighted by atomic mass is 16.5. The van der Waals surface area contributed by atoms with Crippen LogP contribution in [0.15, 0.2) is 24.4 Å². The Balaban J connectivity index is 1.49. The molecule has 5 nitrogen and oxygen atoms in total. The summed E-state index contributed by atoms with van der Waals surface area (Å²) in [6, 6.07) is 5.48. The molecule has 0 bridgehead atoms. The van der Waals surface area contributed by atoms with Gasteiger partial charge in [0.1, 0.15) is 18.3 Å². The van der Waals surface area contributed by atoms with E-state index in [4.69, 9.17) is 4.74 Å². The minimum Gasteiger partial charge on any atom is -0.372 e. The second kappa shape index (κ2) is 6.33. The highest BCUT2D eigenvalue weighted by molar-refractivity contribution is 5.92. The van der Waals surface area contributed by atoms with Crippen LogP contribution in [0.4, 0.5) is 0 Å². The Hall–Kier alpha value is -1.46. The summed E-state index contributed by atoms with van der Waals surface area (Å²) in [4.78, 5) is 19.9. The van der Waals surface area contributed by atoms with Crippen molar-refractivity contribution in [2.45, 2.75) is 18.9 Å². The highest BCUT2D eigenvalue weighted by Crippen LogP contribution is 2.10. The first-order chi connectivity index (χ1) is 9.83. The molecule has 2 aliphatic heterocycles. The third-order valence-electron chi connectivity index (χ3n) is 4.18. The lowest BCUT2D eigenvalue weighted by Gasteiger charge is -2.33. The molecule has 2 aliphatic rings. The second-order valence-corrected chi connectivity index (χ2v) is 5.60. The molecular formula is C15H22N3O2+. The van der Waals surface area contributed by atoms with Gasteiger partial charge in [0.2, 0.25) is 0 Å². The number of nitrogens with one attached hydrogen (secondary N) is 1. The normalized spacial score (nSPS) is 24.0. The van der Waals surface area contributed by atoms with E-state index in [1.165, 1.54) is 12.8 Å². The number of hydrogen-bond donors (Lipinski definition) is 1. The molecule has 2 fully saturated rings. The lowest BCUT2D eigenvalue weighted by molar-refractivity contribution is -0.906. The van der Waals surface area contributed by atoms with Crippen molar-refractivity contribution in [3.05, 3.63) is 30.1 Å². The van der Waals surface area contributed by atoms with Gasteiger partial charge in [0, 0.05) is 12.8 Å². The molecule has 108 valence electrons. The van der Waals surface area contributed by atoms with E-state index in [1.54, 1.807) is 17.2 Å². The number of rotatable bonds is 3. The van der Waals surface area contributed by atoms with Gasteiger partial charge in [0.05, 0.1) is 26.2 Å². The molecule has 0 spiro atoms. The molecule has 5 heteroatoms. The van der Waals surface area contributed by atoms with Crippen LogP contribution >= 0.6 is 0 Å². The van der Waals surface area contributed by atoms with E-state index in [0.717, 1.165) is 39.3 Å². The molecule has 20 heavy (non-hydrogen) atoms. The predicted octanol–water partition coefficient (Wildman–Crippen LogP) is -0.399. The smallest absolute Gasteiger partial charge is 0.272 e. The molecule has 0 saturated carbocycles. The van der Waals surface area contributed by atoms with Gasteiger partial charge >= 0.3 is 0 Å². The Labute approximate surface area is 119 Å². The molecule has 1 atom stereocenters. The van der Waals surface area contributed by atoms with E-state index >= 15 is 0 Å². The van der Waals surface area contributed by atoms with E-state index in [0.29, 0.717) is 11.8 Å². The van der Waals surface area contributed by atoms with Crippen molar-refractivity contribution in [3.63, 3.8) is 0 Å². The zero-order chi connectivity index (χ0) is 13.8. The minimum absolute atomic E-state index is 0.0572. The van der Waals surface area contributed by atoms with Crippen molar-refractivity contribution in [2.75, 3.05) is 39.3 Å². The van der Waals surface area contributed by atoms with Gasteiger partial charge in [-0.25, -0.2) is 0 Å². The van der Waals surface area contributed by atoms with Crippen LogP contribution in [0.25, 0.3) is 0 Å². The third kappa shape index (κ3) is 3.16. The van der Waals surface area contributed by atoms with Crippen LogP contribution in [0.3, 0.4) is 0 Å². The average Bonchev–Trinajstić information content (AvgIpc) is 3.01. The Kier molecular flexibility index (Phi) is 4.28. The lowest BCUT2D eigenvalue weighted by Crippen LogP contribution is -3.15. The number of piperazine rings is 1. The van der Waals surface area contributed by atoms with Crippen molar-refractivity contribution in [3.8, 4) is 0 Å². The van der Waals surface area contributed by atoms with Crippen molar-refractivity contribution >= 4 is 5.91 Å². The van der Waals surface area contributed by atoms with Crippen LogP contribution in [0, 0.1) is 0 Å². The Morgan fingerprint density at radius 1 is 1.40 bits per heavy atom. The van der Waals surface area contributed by atoms with Crippen molar-refractivity contribution in [2.24, 2.45) is 0 Å². The number of nitrogens with zero attached hydrogens (tertiary/aromatic N) is 2. The molecule has 1 N–H and O–H groups in total. The van der Waals surface area contributed by atoms with Gasteiger partial charge in [-0.3, -0.25) is 9.78 Å². The van der Waals surface area contributed by atoms with Crippen LogP contribution in [0.5, 0.6) is 0 Å². The fourth-order valence-electron chi connectivity index (χ4n) is 3.01. The summed E-state index contributed by atoms with van der Waals surface area (Å²) in [7, 11) is 0. The van der Waals surface area contributed by atoms with Gasteiger partial charge < -0.3 is 14.5 Å². The van der Waals surface area contributed by atoms with Crippen LogP contribution < -0.4 is 4.90 Å². The van der Waals surface area contributed by atoms with Crippen LogP contribution in [-0.2, 0) is 4.74 Å². The molecule has 1 aromatic rings. The summed E-state index contributed by atoms with van der Waals surface area (Å²) in [5.74, 6) is 0.0572. The fourth-order valence-corrected chi connectivity index (χ4v) is 3.01. The van der Waals surface area contributed by atoms with E-state index in [-0.39, 0.29) is 5.91 Å². The molecule has 0 unspecified atom stereocenters. The van der Waals surface area contributed by atoms with Gasteiger partial charge in [-0.2, -0.15) is 0 Å². The van der Waals surface area contributed by atoms with Crippen molar-refractivity contribution < 1.29 is 14.4 Å². The van der Waals surface area contributed by atoms with Crippen molar-refractivity contribution in [1.82, 2.24) is 9.88 Å². The van der Waals surface area contributed by atoms with E-state index in [1.807, 2.05) is 17.0 Å². The molecule has 0 aliphatic carbocycles. The van der Waals surface area contributed by atoms with Crippen molar-refractivity contribution in [1.29, 1.82) is 0 Å². The molecule has 0 aromatic carbocycles. The van der Waals surface area contributed by atoms with Crippen LogP contribution in [0.2, 0.25) is 0 Å². The SMILES string of the molecule is O=C(c1ccccn1)N1CC[NH+](C[C@H]2CCCO2)CC1. The maximum Gasteiger partial charge on any atom is 0.272 e. The third-order valence-corrected chi connectivity index (χ3v) is 4.18. The first kappa shape index (κ1) is 13.5. The van der Waals surface area contributed by atoms with E-state index in [9.17, 15) is 4.79 Å². The van der Waals surface area contributed by atoms with Gasteiger partial charge in [0.25, 0.3) is 5.91 Å². The largest absolute Gasteiger partial charge is 0.372 e. The summed E-state index contributed by atoms with van der Waals surface area (Å²) in [6.07, 6.45) is 4.50. The number of pyridine rings is 1. The number of quaternary nitrogens is 1. The molecular weight excluding hydrogens is 254 g/mol. The summed E-state index contributed by atoms with van der Waals surface area (Å²) < 4.78 is 5.69. The van der Waals surface area contributed by atoms with Crippen LogP contribution in [-0.4, -0.2) is 61.2 Å². The number of aromatic nitrogens is 1. The van der Waals surface area contributed by atoms with Gasteiger partial charge in [-0.15, -0.1) is 0 Å². The van der Waals surface area contributed by atoms with E-state index < -0.39 is 0 Å². The molecule has 1 amide bonds. The molecule has 3 rings (SSSR count). The van der Waals surface area contributed by atoms with Gasteiger partial charge in [0.15, 0.2) is 0 Å². The van der Waals surface area contributed by atoms with Gasteiger partial charge in [-0.1, -0.05) is 6.07 Å². The zero-order valence-corrected chi connectivity index (χ0v) is 11.8. The summed E-state index contributed by atoms with van der Waals surface area (Å²) in [6.45, 7) is 5.67. The number of carbonyl (C=O) groups excluding carboxylic acids is 1. The van der Waals surface area contributed by atoms with E-state index in [2.05, 4.69) is 4.98 Å². The highest BCUT2D eigenvalue weighted by Gasteiger charge is 2.28. The summed E-state index contributed by atoms with van der Waals surface area (Å²) in [5, 5.41) is 0. The molecule has 1 aromatic heterocycles. The number of hydrogen-bond acceptors (Lipinski definition) is 3. The molecule has 0 radical (unpaired) electrons. The molecule has 3 heterocycles. The predicted molar refractivity (Wildman–Crippen MR) is 74.7 cm³/mol. The average molecular weight is 276 g/mol. The Morgan fingerprint density at radius 2 is 2.25 bits per heavy atom. The quantitative estimate of drug-likeness (QED) is 0.817. The number of ether oxygens (including phenoxy) is 1. The minimum atomic E-state index is 0.0572. The number of amides is 1. The zero-order valence-electron chi connectivity index (χ0n) is 11.8. The Morgan fingerprint density at radius 3 is 2.90 bits per heavy atom. The second-order valence-electron chi connectivity index (χ2n) is 5.60. The van der Waals surface area contributed by atoms with Crippen LogP contribution in [0.1, 0.15) is 23.3 Å². The summed E-state index contributed by atoms with van der Waals surface area (Å²) in [5.41, 5.74) is 0.551. The maximum absolute atomic E-state index is 12.3. The first-order valence-corrected chi connectivity index (χ1v) is 7.48. The standard InChI is InChI=1S/C15H21N3O2/c19-15(14-5-1-2-6-16-14)18-9-7-17(8-10-18)12-13-4-3-11-20-13/h1-2,5-6,13H,3-4,7-12H2/p+1/t13-/m1/s1. The Bertz CT molecular complexity index is 438. The lowest BCUT2D eigenvalue weighted by atomic mass is 10.2. The monoisotopic (exact) mass is 276 g/mol. The topological polar surface area (TPSA) is 46.9 Å². The summed E-state index contributed by atoms with van der Waals surface area (Å²) >= 11 is 0. The first-order valence-electron chi connectivity index (χ1n) is 7.48. The number of carbonyl (C=O) groups is 1. The fraction of sp³-hybridized carbons (Fsp3) is 0.600. The maximum atomic E-state index is 12.3. The molecule has 2 saturated heterocycles. The van der Waals surface area contributed by atoms with Gasteiger partial charge in [-0.05, 0) is 25.0 Å².